The molecule has 9 amide bonds. The molecule has 0 aromatic heterocycles. The number of allylic oxidation sites excluding steroid dienone is 1. The van der Waals surface area contributed by atoms with Gasteiger partial charge >= 0.3 is 5.97 Å². The van der Waals surface area contributed by atoms with Gasteiger partial charge in [-0.05, 0) is 78.3 Å². The Bertz CT molecular complexity index is 2850. The summed E-state index contributed by atoms with van der Waals surface area (Å²) in [6.07, 6.45) is 4.19. The fraction of sp³-hybridized carbons (Fsp3) is 0.612. The van der Waals surface area contributed by atoms with Gasteiger partial charge in [-0.3, -0.25) is 43.2 Å². The van der Waals surface area contributed by atoms with Crippen LogP contribution in [0.3, 0.4) is 0 Å². The number of ether oxygens (including phenoxy) is 1. The number of phenols is 2. The topological polar surface area (TPSA) is 412 Å². The highest BCUT2D eigenvalue weighted by atomic mass is 16.5. The van der Waals surface area contributed by atoms with Gasteiger partial charge in [0.1, 0.15) is 48.3 Å². The van der Waals surface area contributed by atoms with Crippen LogP contribution in [0.4, 0.5) is 0 Å². The first-order valence-corrected chi connectivity index (χ1v) is 32.3. The molecule has 14 N–H and O–H groups in total. The fourth-order valence-electron chi connectivity index (χ4n) is 10.4. The Kier molecular flexibility index (Phi) is 34.4. The molecule has 524 valence electrons. The summed E-state index contributed by atoms with van der Waals surface area (Å²) in [6, 6.07) is 0.859. The quantitative estimate of drug-likeness (QED) is 0.0255. The lowest BCUT2D eigenvalue weighted by Crippen LogP contribution is -2.58. The molecule has 0 saturated heterocycles. The van der Waals surface area contributed by atoms with Crippen molar-refractivity contribution < 1.29 is 88.4 Å². The summed E-state index contributed by atoms with van der Waals surface area (Å²) in [5.41, 5.74) is 1.23. The van der Waals surface area contributed by atoms with E-state index >= 15 is 0 Å². The minimum absolute atomic E-state index is 0.00868. The van der Waals surface area contributed by atoms with Gasteiger partial charge in [0.2, 0.25) is 53.2 Å². The maximum absolute atomic E-state index is 14.0. The van der Waals surface area contributed by atoms with Crippen LogP contribution in [-0.2, 0) is 65.5 Å². The number of nitrogens with one attached hydrogen (secondary N) is 7. The standard InChI is InChI=1S/C67H103N9O18/c1-12-13-14-15-16-17-18-19-54(84)69-47(30-42-20-25-45(79)26-21-42)51(81)32-55(85)73-60(39(4)5)64(90)70-49(36-78)53(83)34-57(87)74-61(40(6)7)65(91)71-48(35-77)52(82)33-56(86)72-59(38(2)3)63(89)68-44-24-29-58(88)76(11)62(41(8)9)66(92)75(10)50(67(93)94-37-44)31-43-22-27-46(80)28-23-43/h17-18,20-29,38-41,44,47-53,59-62,77-83H,12-16,19,30-37H2,1-11H3,(H,68,89)(H,69,84)(H,70,90)(H,71,91)(H,72,86)(H,73,85)(H,74,87)/b18-17-,29-24+/t44-,47+,48+,49+,50+,51+,52+,53+,59+,60+,61+,62+/m1/s1. The normalized spacial score (nSPS) is 18.9. The average Bonchev–Trinajstić information content (AvgIpc) is 0.861. The second-order valence-electron chi connectivity index (χ2n) is 25.4. The van der Waals surface area contributed by atoms with Gasteiger partial charge in [-0.1, -0.05) is 124 Å². The number of amides is 9. The van der Waals surface area contributed by atoms with E-state index in [1.165, 1.54) is 54.2 Å². The van der Waals surface area contributed by atoms with Gasteiger partial charge < -0.3 is 87.5 Å². The number of esters is 1. The lowest BCUT2D eigenvalue weighted by Gasteiger charge is -2.36. The summed E-state index contributed by atoms with van der Waals surface area (Å²) in [5.74, 6) is -9.78. The minimum Gasteiger partial charge on any atom is -0.508 e. The Morgan fingerprint density at radius 2 is 1.03 bits per heavy atom. The number of rotatable bonds is 36. The fourth-order valence-corrected chi connectivity index (χ4v) is 10.4. The van der Waals surface area contributed by atoms with E-state index in [0.717, 1.165) is 38.2 Å². The number of unbranched alkanes of at least 4 members (excludes halogenated alkanes) is 4. The molecule has 3 rings (SSSR count). The zero-order chi connectivity index (χ0) is 70.5. The molecule has 2 aromatic rings. The summed E-state index contributed by atoms with van der Waals surface area (Å²) < 4.78 is 5.69. The molecular weight excluding hydrogens is 1220 g/mol. The summed E-state index contributed by atoms with van der Waals surface area (Å²) >= 11 is 0. The molecule has 1 aliphatic heterocycles. The number of aliphatic hydroxyl groups is 5. The SMILES string of the molecule is CCCCCC/C=C\CC(=O)N[C@@H](Cc1ccc(O)cc1)[C@@H](O)CC(=O)N[C@H](C(=O)N[C@@H](CO)[C@@H](O)CC(=O)N[C@H](C(=O)N[C@@H](CO)[C@@H](O)CC(=O)N[C@H](C(=O)N[C@@H]1/C=C/C(=O)N(C)[C@@H](C(C)C)C(=O)N(C)[C@@H](Cc2ccc(O)cc2)C(=O)OC1)C(C)C)C(C)C)C(C)C. The summed E-state index contributed by atoms with van der Waals surface area (Å²) in [4.78, 5) is 139. The molecule has 94 heavy (non-hydrogen) atoms. The average molecular weight is 1320 g/mol. The van der Waals surface area contributed by atoms with Crippen LogP contribution < -0.4 is 37.2 Å². The number of carbonyl (C=O) groups excluding carboxylic acids is 10. The van der Waals surface area contributed by atoms with Crippen molar-refractivity contribution >= 4 is 59.1 Å². The van der Waals surface area contributed by atoms with Crippen LogP contribution >= 0.6 is 0 Å². The van der Waals surface area contributed by atoms with Gasteiger partial charge in [-0.15, -0.1) is 0 Å². The van der Waals surface area contributed by atoms with Crippen LogP contribution in [0.25, 0.3) is 0 Å². The lowest BCUT2D eigenvalue weighted by atomic mass is 9.97. The predicted molar refractivity (Wildman–Crippen MR) is 348 cm³/mol. The van der Waals surface area contributed by atoms with Crippen molar-refractivity contribution in [2.24, 2.45) is 23.7 Å². The predicted octanol–water partition coefficient (Wildman–Crippen LogP) is 0.822. The highest BCUT2D eigenvalue weighted by Gasteiger charge is 2.39. The van der Waals surface area contributed by atoms with Crippen LogP contribution in [0.5, 0.6) is 11.5 Å². The molecule has 0 bridgehead atoms. The number of carbonyl (C=O) groups is 10. The van der Waals surface area contributed by atoms with Crippen molar-refractivity contribution in [3.63, 3.8) is 0 Å². The maximum Gasteiger partial charge on any atom is 0.329 e. The molecular formula is C67H103N9O18. The number of benzene rings is 2. The number of phenolic OH excluding ortho intramolecular Hbond substituents is 2. The third kappa shape index (κ3) is 26.8. The first-order valence-electron chi connectivity index (χ1n) is 32.3. The highest BCUT2D eigenvalue weighted by Crippen LogP contribution is 2.21. The molecule has 2 aromatic carbocycles. The number of aliphatic hydroxyl groups excluding tert-OH is 5. The van der Waals surface area contributed by atoms with Crippen LogP contribution in [0.1, 0.15) is 131 Å². The number of aromatic hydroxyl groups is 2. The zero-order valence-corrected chi connectivity index (χ0v) is 56.1. The van der Waals surface area contributed by atoms with E-state index in [9.17, 15) is 83.7 Å². The highest BCUT2D eigenvalue weighted by molar-refractivity contribution is 5.95. The third-order valence-corrected chi connectivity index (χ3v) is 16.2. The Balaban J connectivity index is 1.65. The van der Waals surface area contributed by atoms with Crippen molar-refractivity contribution in [1.29, 1.82) is 0 Å². The number of nitrogens with zero attached hydrogens (tertiary/aromatic N) is 2. The second kappa shape index (κ2) is 40.3. The van der Waals surface area contributed by atoms with E-state index in [2.05, 4.69) is 44.1 Å². The van der Waals surface area contributed by atoms with E-state index in [1.807, 2.05) is 6.08 Å². The van der Waals surface area contributed by atoms with Crippen LogP contribution in [0.15, 0.2) is 72.8 Å². The Labute approximate surface area is 551 Å². The van der Waals surface area contributed by atoms with Crippen LogP contribution in [0.2, 0.25) is 0 Å². The molecule has 0 radical (unpaired) electrons. The first kappa shape index (κ1) is 80.3. The van der Waals surface area contributed by atoms with E-state index in [0.29, 0.717) is 11.1 Å². The van der Waals surface area contributed by atoms with Gasteiger partial charge in [0.15, 0.2) is 0 Å². The second-order valence-corrected chi connectivity index (χ2v) is 25.4. The van der Waals surface area contributed by atoms with Gasteiger partial charge in [-0.25, -0.2) is 4.79 Å². The largest absolute Gasteiger partial charge is 0.508 e. The number of hydrogen-bond donors (Lipinski definition) is 14. The summed E-state index contributed by atoms with van der Waals surface area (Å²) in [6.45, 7) is 12.9. The van der Waals surface area contributed by atoms with Gasteiger partial charge in [0.25, 0.3) is 0 Å². The first-order chi connectivity index (χ1) is 44.3. The van der Waals surface area contributed by atoms with Crippen molar-refractivity contribution in [3.05, 3.63) is 84.0 Å². The van der Waals surface area contributed by atoms with E-state index in [4.69, 9.17) is 4.74 Å². The van der Waals surface area contributed by atoms with Crippen molar-refractivity contribution in [3.8, 4) is 11.5 Å². The molecule has 27 heteroatoms. The van der Waals surface area contributed by atoms with Crippen LogP contribution in [0, 0.1) is 23.7 Å². The molecule has 27 nitrogen and oxygen atoms in total. The summed E-state index contributed by atoms with van der Waals surface area (Å²) in [7, 11) is 2.85. The van der Waals surface area contributed by atoms with Gasteiger partial charge in [0.05, 0.1) is 75.0 Å². The van der Waals surface area contributed by atoms with E-state index in [-0.39, 0.29) is 30.8 Å². The molecule has 0 unspecified atom stereocenters. The maximum atomic E-state index is 14.0. The number of likely N-dealkylation sites (N-methyl/N-ethyl adjacent to an activating group) is 2. The van der Waals surface area contributed by atoms with E-state index < -0.39 is 195 Å². The number of hydrogen-bond acceptors (Lipinski definition) is 18. The lowest BCUT2D eigenvalue weighted by molar-refractivity contribution is -0.157. The molecule has 0 spiro atoms. The third-order valence-electron chi connectivity index (χ3n) is 16.2. The molecule has 1 aliphatic rings. The molecule has 0 fully saturated rings. The smallest absolute Gasteiger partial charge is 0.329 e. The summed E-state index contributed by atoms with van der Waals surface area (Å²) in [5, 5.41) is 92.0. The van der Waals surface area contributed by atoms with Crippen molar-refractivity contribution in [2.45, 2.75) is 206 Å². The molecule has 1 heterocycles. The molecule has 0 aliphatic carbocycles. The Hall–Kier alpha value is -7.98. The Morgan fingerprint density at radius 1 is 0.574 bits per heavy atom. The van der Waals surface area contributed by atoms with Crippen LogP contribution in [-0.4, -0.2) is 211 Å². The molecule has 0 saturated carbocycles. The minimum atomic E-state index is -1.78. The van der Waals surface area contributed by atoms with Gasteiger partial charge in [-0.2, -0.15) is 0 Å². The van der Waals surface area contributed by atoms with E-state index in [1.54, 1.807) is 85.7 Å². The van der Waals surface area contributed by atoms with Crippen molar-refractivity contribution in [1.82, 2.24) is 47.0 Å². The molecule has 12 atom stereocenters. The van der Waals surface area contributed by atoms with Gasteiger partial charge in [0, 0.05) is 33.0 Å². The Morgan fingerprint density at radius 3 is 1.48 bits per heavy atom. The monoisotopic (exact) mass is 1320 g/mol. The number of cyclic esters (lactones) is 1. The zero-order valence-electron chi connectivity index (χ0n) is 56.1. The van der Waals surface area contributed by atoms with Crippen molar-refractivity contribution in [2.75, 3.05) is 33.9 Å².